The van der Waals surface area contributed by atoms with Crippen LogP contribution in [-0.2, 0) is 11.3 Å². The lowest BCUT2D eigenvalue weighted by atomic mass is 10.1. The third kappa shape index (κ3) is 3.46. The van der Waals surface area contributed by atoms with Gasteiger partial charge in [0.25, 0.3) is 0 Å². The van der Waals surface area contributed by atoms with Gasteiger partial charge in [0.05, 0.1) is 6.04 Å². The van der Waals surface area contributed by atoms with Crippen LogP contribution in [0.4, 0.5) is 0 Å². The van der Waals surface area contributed by atoms with Crippen molar-refractivity contribution in [2.75, 3.05) is 6.54 Å². The normalized spacial score (nSPS) is 18.3. The Kier molecular flexibility index (Phi) is 4.39. The van der Waals surface area contributed by atoms with E-state index in [9.17, 15) is 4.79 Å². The van der Waals surface area contributed by atoms with Crippen LogP contribution >= 0.6 is 0 Å². The Morgan fingerprint density at radius 3 is 2.45 bits per heavy atom. The van der Waals surface area contributed by atoms with E-state index in [1.807, 2.05) is 54.6 Å². The molecule has 2 N–H and O–H groups in total. The molecule has 0 spiro atoms. The fourth-order valence-corrected chi connectivity index (χ4v) is 2.86. The summed E-state index contributed by atoms with van der Waals surface area (Å²) in [4.78, 5) is 13.6. The van der Waals surface area contributed by atoms with Gasteiger partial charge in [-0.05, 0) is 49.2 Å². The number of ether oxygens (including phenoxy) is 1. The molecule has 0 radical (unpaired) electrons. The number of para-hydroxylation sites is 1. The van der Waals surface area contributed by atoms with E-state index in [0.29, 0.717) is 0 Å². The van der Waals surface area contributed by atoms with Crippen LogP contribution in [-0.4, -0.2) is 23.4 Å². The number of amides is 1. The molecule has 2 aromatic rings. The van der Waals surface area contributed by atoms with Crippen molar-refractivity contribution in [2.24, 2.45) is 5.73 Å². The molecule has 1 aliphatic heterocycles. The molecule has 1 saturated heterocycles. The average molecular weight is 296 g/mol. The Balaban J connectivity index is 1.63. The molecule has 3 rings (SSSR count). The second-order valence-electron chi connectivity index (χ2n) is 5.59. The topological polar surface area (TPSA) is 55.6 Å². The summed E-state index contributed by atoms with van der Waals surface area (Å²) in [5, 5.41) is 0. The largest absolute Gasteiger partial charge is 0.457 e. The summed E-state index contributed by atoms with van der Waals surface area (Å²) in [6.07, 6.45) is 1.90. The Morgan fingerprint density at radius 1 is 1.09 bits per heavy atom. The summed E-state index contributed by atoms with van der Waals surface area (Å²) in [5.41, 5.74) is 6.61. The highest BCUT2D eigenvalue weighted by atomic mass is 16.5. The molecule has 0 aliphatic carbocycles. The van der Waals surface area contributed by atoms with Crippen molar-refractivity contribution >= 4 is 5.91 Å². The van der Waals surface area contributed by atoms with Crippen LogP contribution in [0.1, 0.15) is 18.4 Å². The molecule has 1 unspecified atom stereocenters. The van der Waals surface area contributed by atoms with Crippen LogP contribution < -0.4 is 10.5 Å². The van der Waals surface area contributed by atoms with Crippen molar-refractivity contribution < 1.29 is 9.53 Å². The molecule has 1 fully saturated rings. The highest BCUT2D eigenvalue weighted by molar-refractivity contribution is 5.80. The number of nitrogens with two attached hydrogens (primary N) is 1. The number of carbonyl (C=O) groups is 1. The monoisotopic (exact) mass is 296 g/mol. The highest BCUT2D eigenvalue weighted by Crippen LogP contribution is 2.23. The number of nitrogens with zero attached hydrogens (tertiary/aromatic N) is 1. The third-order valence-electron chi connectivity index (χ3n) is 3.98. The van der Waals surface area contributed by atoms with Gasteiger partial charge in [-0.15, -0.1) is 0 Å². The van der Waals surface area contributed by atoms with Crippen molar-refractivity contribution in [1.82, 2.24) is 4.90 Å². The van der Waals surface area contributed by atoms with E-state index in [0.717, 1.165) is 43.0 Å². The van der Waals surface area contributed by atoms with Gasteiger partial charge in [-0.2, -0.15) is 0 Å². The van der Waals surface area contributed by atoms with E-state index in [-0.39, 0.29) is 11.9 Å². The van der Waals surface area contributed by atoms with Crippen LogP contribution in [0, 0.1) is 0 Å². The molecule has 2 aromatic carbocycles. The van der Waals surface area contributed by atoms with Gasteiger partial charge < -0.3 is 10.5 Å². The first kappa shape index (κ1) is 14.6. The van der Waals surface area contributed by atoms with Gasteiger partial charge in [-0.1, -0.05) is 30.3 Å². The summed E-state index contributed by atoms with van der Waals surface area (Å²) in [5.74, 6) is 1.41. The van der Waals surface area contributed by atoms with E-state index in [1.54, 1.807) is 0 Å². The van der Waals surface area contributed by atoms with Gasteiger partial charge in [0.1, 0.15) is 11.5 Å². The average Bonchev–Trinajstić information content (AvgIpc) is 2.99. The minimum Gasteiger partial charge on any atom is -0.457 e. The zero-order valence-corrected chi connectivity index (χ0v) is 12.4. The number of rotatable bonds is 5. The van der Waals surface area contributed by atoms with Gasteiger partial charge in [0.2, 0.25) is 5.91 Å². The quantitative estimate of drug-likeness (QED) is 0.923. The molecule has 1 heterocycles. The summed E-state index contributed by atoms with van der Waals surface area (Å²) in [6.45, 7) is 1.68. The van der Waals surface area contributed by atoms with Gasteiger partial charge in [-0.25, -0.2) is 0 Å². The Labute approximate surface area is 130 Å². The molecule has 1 aliphatic rings. The maximum atomic E-state index is 11.4. The standard InChI is InChI=1S/C18H20N2O2/c19-18(21)17-7-4-12-20(17)13-14-8-10-16(11-9-14)22-15-5-2-1-3-6-15/h1-3,5-6,8-11,17H,4,7,12-13H2,(H2,19,21). The van der Waals surface area contributed by atoms with Gasteiger partial charge in [0.15, 0.2) is 0 Å². The van der Waals surface area contributed by atoms with E-state index in [4.69, 9.17) is 10.5 Å². The number of hydrogen-bond acceptors (Lipinski definition) is 3. The molecular weight excluding hydrogens is 276 g/mol. The number of likely N-dealkylation sites (tertiary alicyclic amines) is 1. The van der Waals surface area contributed by atoms with E-state index < -0.39 is 0 Å². The second kappa shape index (κ2) is 6.62. The molecule has 1 atom stereocenters. The molecular formula is C18H20N2O2. The van der Waals surface area contributed by atoms with Crippen molar-refractivity contribution in [2.45, 2.75) is 25.4 Å². The highest BCUT2D eigenvalue weighted by Gasteiger charge is 2.28. The third-order valence-corrected chi connectivity index (χ3v) is 3.98. The maximum absolute atomic E-state index is 11.4. The number of primary amides is 1. The Hall–Kier alpha value is -2.33. The van der Waals surface area contributed by atoms with Crippen molar-refractivity contribution in [3.8, 4) is 11.5 Å². The predicted octanol–water partition coefficient (Wildman–Crippen LogP) is 2.93. The van der Waals surface area contributed by atoms with E-state index in [1.165, 1.54) is 0 Å². The zero-order chi connectivity index (χ0) is 15.4. The summed E-state index contributed by atoms with van der Waals surface area (Å²) in [6, 6.07) is 17.6. The van der Waals surface area contributed by atoms with Crippen LogP contribution in [0.25, 0.3) is 0 Å². The van der Waals surface area contributed by atoms with Crippen molar-refractivity contribution in [1.29, 1.82) is 0 Å². The molecule has 22 heavy (non-hydrogen) atoms. The molecule has 0 bridgehead atoms. The molecule has 1 amide bonds. The SMILES string of the molecule is NC(=O)C1CCCN1Cc1ccc(Oc2ccccc2)cc1. The van der Waals surface area contributed by atoms with Gasteiger partial charge in [-0.3, -0.25) is 9.69 Å². The van der Waals surface area contributed by atoms with Crippen molar-refractivity contribution in [3.05, 3.63) is 60.2 Å². The number of carbonyl (C=O) groups excluding carboxylic acids is 1. The Morgan fingerprint density at radius 2 is 1.77 bits per heavy atom. The lowest BCUT2D eigenvalue weighted by Crippen LogP contribution is -2.39. The summed E-state index contributed by atoms with van der Waals surface area (Å²) >= 11 is 0. The predicted molar refractivity (Wildman–Crippen MR) is 85.6 cm³/mol. The first-order valence-electron chi connectivity index (χ1n) is 7.57. The summed E-state index contributed by atoms with van der Waals surface area (Å²) < 4.78 is 5.77. The van der Waals surface area contributed by atoms with Crippen LogP contribution in [0.5, 0.6) is 11.5 Å². The number of hydrogen-bond donors (Lipinski definition) is 1. The number of benzene rings is 2. The minimum atomic E-state index is -0.221. The molecule has 4 heteroatoms. The van der Waals surface area contributed by atoms with Crippen LogP contribution in [0.3, 0.4) is 0 Å². The zero-order valence-electron chi connectivity index (χ0n) is 12.4. The fraction of sp³-hybridized carbons (Fsp3) is 0.278. The fourth-order valence-electron chi connectivity index (χ4n) is 2.86. The molecule has 4 nitrogen and oxygen atoms in total. The Bertz CT molecular complexity index is 625. The minimum absolute atomic E-state index is 0.125. The summed E-state index contributed by atoms with van der Waals surface area (Å²) in [7, 11) is 0. The van der Waals surface area contributed by atoms with Crippen molar-refractivity contribution in [3.63, 3.8) is 0 Å². The van der Waals surface area contributed by atoms with E-state index >= 15 is 0 Å². The first-order valence-corrected chi connectivity index (χ1v) is 7.57. The van der Waals surface area contributed by atoms with Gasteiger partial charge >= 0.3 is 0 Å². The van der Waals surface area contributed by atoms with Crippen LogP contribution in [0.15, 0.2) is 54.6 Å². The van der Waals surface area contributed by atoms with Gasteiger partial charge in [0, 0.05) is 6.54 Å². The van der Waals surface area contributed by atoms with E-state index in [2.05, 4.69) is 4.90 Å². The first-order chi connectivity index (χ1) is 10.7. The lowest BCUT2D eigenvalue weighted by molar-refractivity contribution is -0.122. The maximum Gasteiger partial charge on any atom is 0.234 e. The van der Waals surface area contributed by atoms with Crippen LogP contribution in [0.2, 0.25) is 0 Å². The molecule has 0 saturated carbocycles. The second-order valence-corrected chi connectivity index (χ2v) is 5.59. The smallest absolute Gasteiger partial charge is 0.234 e. The molecule has 0 aromatic heterocycles. The lowest BCUT2D eigenvalue weighted by Gasteiger charge is -2.21. The molecule has 114 valence electrons.